The van der Waals surface area contributed by atoms with Gasteiger partial charge >= 0.3 is 0 Å². The Morgan fingerprint density at radius 2 is 1.84 bits per heavy atom. The largest absolute Gasteiger partial charge is 0.497 e. The second-order valence-electron chi connectivity index (χ2n) is 7.05. The Hall–Kier alpha value is -4.13. The molecule has 7 heteroatoms. The summed E-state index contributed by atoms with van der Waals surface area (Å²) in [6.45, 7) is 2.01. The van der Waals surface area contributed by atoms with Crippen LogP contribution in [0.25, 0.3) is 22.0 Å². The molecule has 1 amide bonds. The maximum atomic E-state index is 12.9. The van der Waals surface area contributed by atoms with E-state index in [0.29, 0.717) is 22.7 Å². The first-order chi connectivity index (χ1) is 15.0. The van der Waals surface area contributed by atoms with Gasteiger partial charge < -0.3 is 20.5 Å². The number of carbonyl (C=O) groups is 1. The molecular formula is C24H22N4O3. The zero-order valence-electron chi connectivity index (χ0n) is 17.5. The highest BCUT2D eigenvalue weighted by molar-refractivity contribution is 6.06. The highest BCUT2D eigenvalue weighted by Crippen LogP contribution is 2.31. The lowest BCUT2D eigenvalue weighted by molar-refractivity contribution is 0.102. The van der Waals surface area contributed by atoms with E-state index in [9.17, 15) is 4.79 Å². The Morgan fingerprint density at radius 3 is 2.61 bits per heavy atom. The molecule has 0 fully saturated rings. The number of hydrogen-bond donors (Lipinski definition) is 2. The highest BCUT2D eigenvalue weighted by atomic mass is 16.5. The molecule has 3 N–H and O–H groups in total. The normalized spacial score (nSPS) is 10.7. The van der Waals surface area contributed by atoms with Gasteiger partial charge in [-0.3, -0.25) is 4.79 Å². The number of nitrogens with zero attached hydrogens (tertiary/aromatic N) is 2. The number of carbonyl (C=O) groups excluding carboxylic acids is 1. The van der Waals surface area contributed by atoms with Crippen molar-refractivity contribution in [3.8, 4) is 22.6 Å². The Balaban J connectivity index is 1.66. The van der Waals surface area contributed by atoms with Gasteiger partial charge in [0, 0.05) is 23.2 Å². The lowest BCUT2D eigenvalue weighted by Gasteiger charge is -2.13. The van der Waals surface area contributed by atoms with Gasteiger partial charge in [0.25, 0.3) is 5.91 Å². The van der Waals surface area contributed by atoms with Crippen LogP contribution in [0.1, 0.15) is 15.9 Å². The van der Waals surface area contributed by atoms with Gasteiger partial charge in [-0.1, -0.05) is 12.1 Å². The second kappa shape index (κ2) is 8.31. The monoisotopic (exact) mass is 414 g/mol. The SMILES string of the molecule is COc1ccc(NC(=O)c2ccc(C)c(-c3ccc4nc(N)ncc4c3)c2)c(OC)c1. The average Bonchev–Trinajstić information content (AvgIpc) is 2.79. The summed E-state index contributed by atoms with van der Waals surface area (Å²) in [6, 6.07) is 16.7. The molecule has 0 saturated carbocycles. The van der Waals surface area contributed by atoms with Crippen LogP contribution < -0.4 is 20.5 Å². The molecule has 0 aliphatic rings. The molecule has 1 aromatic heterocycles. The molecule has 0 aliphatic heterocycles. The molecule has 4 aromatic rings. The number of anilines is 2. The lowest BCUT2D eigenvalue weighted by Crippen LogP contribution is -2.13. The fourth-order valence-electron chi connectivity index (χ4n) is 3.39. The Labute approximate surface area is 179 Å². The summed E-state index contributed by atoms with van der Waals surface area (Å²) in [6.07, 6.45) is 1.70. The summed E-state index contributed by atoms with van der Waals surface area (Å²) in [5.41, 5.74) is 10.5. The van der Waals surface area contributed by atoms with E-state index >= 15 is 0 Å². The minimum Gasteiger partial charge on any atom is -0.497 e. The summed E-state index contributed by atoms with van der Waals surface area (Å²) < 4.78 is 10.6. The number of aromatic nitrogens is 2. The first-order valence-corrected chi connectivity index (χ1v) is 9.65. The fraction of sp³-hybridized carbons (Fsp3) is 0.125. The molecule has 156 valence electrons. The standard InChI is InChI=1S/C24H22N4O3/c1-14-4-5-16(23(29)27-21-9-7-18(30-2)12-22(21)31-3)11-19(14)15-6-8-20-17(10-15)13-26-24(25)28-20/h4-13H,1-3H3,(H,27,29)(H2,25,26,28). The predicted octanol–water partition coefficient (Wildman–Crippen LogP) is 4.46. The van der Waals surface area contributed by atoms with Crippen LogP contribution in [0.4, 0.5) is 11.6 Å². The summed E-state index contributed by atoms with van der Waals surface area (Å²) in [7, 11) is 3.13. The van der Waals surface area contributed by atoms with Gasteiger partial charge in [0.05, 0.1) is 25.4 Å². The predicted molar refractivity (Wildman–Crippen MR) is 122 cm³/mol. The molecule has 0 saturated heterocycles. The summed E-state index contributed by atoms with van der Waals surface area (Å²) >= 11 is 0. The van der Waals surface area contributed by atoms with Gasteiger partial charge in [0.2, 0.25) is 5.95 Å². The smallest absolute Gasteiger partial charge is 0.255 e. The van der Waals surface area contributed by atoms with Crippen LogP contribution in [-0.4, -0.2) is 30.1 Å². The first-order valence-electron chi connectivity index (χ1n) is 9.65. The van der Waals surface area contributed by atoms with E-state index in [1.54, 1.807) is 44.7 Å². The molecule has 0 radical (unpaired) electrons. The number of benzene rings is 3. The molecule has 1 heterocycles. The molecular weight excluding hydrogens is 392 g/mol. The van der Waals surface area contributed by atoms with Gasteiger partial charge in [0.15, 0.2) is 0 Å². The summed E-state index contributed by atoms with van der Waals surface area (Å²) in [5.74, 6) is 1.18. The maximum absolute atomic E-state index is 12.9. The number of fused-ring (bicyclic) bond motifs is 1. The van der Waals surface area contributed by atoms with Crippen LogP contribution in [-0.2, 0) is 0 Å². The van der Waals surface area contributed by atoms with E-state index in [1.165, 1.54) is 0 Å². The van der Waals surface area contributed by atoms with Crippen LogP contribution in [0.5, 0.6) is 11.5 Å². The van der Waals surface area contributed by atoms with Crippen LogP contribution >= 0.6 is 0 Å². The molecule has 0 unspecified atom stereocenters. The number of ether oxygens (including phenoxy) is 2. The van der Waals surface area contributed by atoms with Crippen molar-refractivity contribution >= 4 is 28.4 Å². The molecule has 0 aliphatic carbocycles. The Morgan fingerprint density at radius 1 is 1.00 bits per heavy atom. The number of aryl methyl sites for hydroxylation is 1. The third-order valence-corrected chi connectivity index (χ3v) is 5.07. The van der Waals surface area contributed by atoms with Crippen LogP contribution in [0.15, 0.2) is 60.8 Å². The number of methoxy groups -OCH3 is 2. The molecule has 0 spiro atoms. The first kappa shape index (κ1) is 20.2. The van der Waals surface area contributed by atoms with Crippen molar-refractivity contribution in [3.63, 3.8) is 0 Å². The van der Waals surface area contributed by atoms with Gasteiger partial charge in [-0.05, 0) is 60.0 Å². The zero-order valence-corrected chi connectivity index (χ0v) is 17.5. The molecule has 31 heavy (non-hydrogen) atoms. The minimum absolute atomic E-state index is 0.235. The quantitative estimate of drug-likeness (QED) is 0.500. The molecule has 4 rings (SSSR count). The minimum atomic E-state index is -0.235. The van der Waals surface area contributed by atoms with Crippen molar-refractivity contribution in [3.05, 3.63) is 71.9 Å². The van der Waals surface area contributed by atoms with Crippen molar-refractivity contribution in [1.82, 2.24) is 9.97 Å². The molecule has 3 aromatic carbocycles. The summed E-state index contributed by atoms with van der Waals surface area (Å²) in [4.78, 5) is 21.3. The lowest BCUT2D eigenvalue weighted by atomic mass is 9.97. The third kappa shape index (κ3) is 4.11. The second-order valence-corrected chi connectivity index (χ2v) is 7.05. The van der Waals surface area contributed by atoms with Gasteiger partial charge in [-0.25, -0.2) is 9.97 Å². The number of amides is 1. The maximum Gasteiger partial charge on any atom is 0.255 e. The van der Waals surface area contributed by atoms with Gasteiger partial charge in [-0.2, -0.15) is 0 Å². The van der Waals surface area contributed by atoms with Crippen molar-refractivity contribution in [2.75, 3.05) is 25.3 Å². The number of hydrogen-bond acceptors (Lipinski definition) is 6. The highest BCUT2D eigenvalue weighted by Gasteiger charge is 2.13. The number of nitrogen functional groups attached to an aromatic ring is 1. The average molecular weight is 414 g/mol. The van der Waals surface area contributed by atoms with Gasteiger partial charge in [-0.15, -0.1) is 0 Å². The zero-order chi connectivity index (χ0) is 22.0. The summed E-state index contributed by atoms with van der Waals surface area (Å²) in [5, 5.41) is 3.79. The topological polar surface area (TPSA) is 99.4 Å². The molecule has 0 bridgehead atoms. The number of nitrogens with one attached hydrogen (secondary N) is 1. The van der Waals surface area contributed by atoms with Crippen LogP contribution in [0, 0.1) is 6.92 Å². The van der Waals surface area contributed by atoms with E-state index in [1.807, 2.05) is 37.3 Å². The van der Waals surface area contributed by atoms with Crippen molar-refractivity contribution in [2.24, 2.45) is 0 Å². The Kier molecular flexibility index (Phi) is 5.41. The third-order valence-electron chi connectivity index (χ3n) is 5.07. The van der Waals surface area contributed by atoms with Crippen molar-refractivity contribution in [1.29, 1.82) is 0 Å². The van der Waals surface area contributed by atoms with Gasteiger partial charge in [0.1, 0.15) is 11.5 Å². The van der Waals surface area contributed by atoms with Crippen molar-refractivity contribution in [2.45, 2.75) is 6.92 Å². The fourth-order valence-corrected chi connectivity index (χ4v) is 3.39. The van der Waals surface area contributed by atoms with Crippen LogP contribution in [0.3, 0.4) is 0 Å². The van der Waals surface area contributed by atoms with E-state index in [2.05, 4.69) is 15.3 Å². The molecule has 7 nitrogen and oxygen atoms in total. The number of rotatable bonds is 5. The van der Waals surface area contributed by atoms with Crippen molar-refractivity contribution < 1.29 is 14.3 Å². The van der Waals surface area contributed by atoms with E-state index < -0.39 is 0 Å². The van der Waals surface area contributed by atoms with E-state index in [-0.39, 0.29) is 11.9 Å². The number of nitrogens with two attached hydrogens (primary N) is 1. The molecule has 0 atom stereocenters. The Bertz CT molecular complexity index is 1290. The van der Waals surface area contributed by atoms with E-state index in [0.717, 1.165) is 27.6 Å². The van der Waals surface area contributed by atoms with E-state index in [4.69, 9.17) is 15.2 Å². The van der Waals surface area contributed by atoms with Crippen LogP contribution in [0.2, 0.25) is 0 Å².